The van der Waals surface area contributed by atoms with Crippen LogP contribution in [0.1, 0.15) is 25.0 Å². The van der Waals surface area contributed by atoms with Gasteiger partial charge >= 0.3 is 0 Å². The van der Waals surface area contributed by atoms with Crippen LogP contribution in [0.5, 0.6) is 0 Å². The third kappa shape index (κ3) is 3.25. The summed E-state index contributed by atoms with van der Waals surface area (Å²) in [5, 5.41) is 7.88. The van der Waals surface area contributed by atoms with Gasteiger partial charge in [-0.05, 0) is 89.0 Å². The first-order valence-corrected chi connectivity index (χ1v) is 13.8. The monoisotopic (exact) mass is 496 g/mol. The van der Waals surface area contributed by atoms with Crippen LogP contribution >= 0.6 is 0 Å². The van der Waals surface area contributed by atoms with Gasteiger partial charge < -0.3 is 0 Å². The molecule has 0 saturated carbocycles. The van der Waals surface area contributed by atoms with Crippen LogP contribution in [0, 0.1) is 0 Å². The van der Waals surface area contributed by atoms with E-state index >= 15 is 0 Å². The van der Waals surface area contributed by atoms with Crippen molar-refractivity contribution >= 4 is 32.3 Å². The number of hydrogen-bond acceptors (Lipinski definition) is 0. The van der Waals surface area contributed by atoms with Gasteiger partial charge in [-0.2, -0.15) is 0 Å². The Bertz CT molecular complexity index is 2040. The van der Waals surface area contributed by atoms with Crippen molar-refractivity contribution in [3.8, 4) is 33.4 Å². The molecule has 0 bridgehead atoms. The van der Waals surface area contributed by atoms with Crippen LogP contribution in [0.4, 0.5) is 0 Å². The maximum absolute atomic E-state index is 2.38. The summed E-state index contributed by atoms with van der Waals surface area (Å²) in [6.07, 6.45) is 0. The Morgan fingerprint density at radius 2 is 0.769 bits per heavy atom. The highest BCUT2D eigenvalue weighted by Crippen LogP contribution is 2.49. The van der Waals surface area contributed by atoms with Crippen LogP contribution in [-0.4, -0.2) is 0 Å². The second-order valence-electron chi connectivity index (χ2n) is 11.4. The van der Waals surface area contributed by atoms with E-state index in [1.165, 1.54) is 76.8 Å². The molecule has 0 heterocycles. The summed E-state index contributed by atoms with van der Waals surface area (Å²) < 4.78 is 0. The van der Waals surface area contributed by atoms with Gasteiger partial charge in [-0.1, -0.05) is 135 Å². The van der Waals surface area contributed by atoms with Crippen molar-refractivity contribution in [1.82, 2.24) is 0 Å². The molecule has 39 heavy (non-hydrogen) atoms. The van der Waals surface area contributed by atoms with Gasteiger partial charge in [0, 0.05) is 5.41 Å². The molecule has 0 radical (unpaired) electrons. The van der Waals surface area contributed by atoms with Gasteiger partial charge in [0.15, 0.2) is 0 Å². The van der Waals surface area contributed by atoms with Crippen molar-refractivity contribution in [2.75, 3.05) is 0 Å². The highest BCUT2D eigenvalue weighted by molar-refractivity contribution is 6.25. The molecule has 1 aliphatic carbocycles. The lowest BCUT2D eigenvalue weighted by atomic mass is 9.82. The largest absolute Gasteiger partial charge is 0.0619 e. The van der Waals surface area contributed by atoms with E-state index in [9.17, 15) is 0 Å². The molecule has 0 nitrogen and oxygen atoms in total. The van der Waals surface area contributed by atoms with E-state index in [4.69, 9.17) is 0 Å². The molecule has 8 rings (SSSR count). The lowest BCUT2D eigenvalue weighted by Gasteiger charge is -2.21. The average molecular weight is 497 g/mol. The zero-order valence-corrected chi connectivity index (χ0v) is 22.2. The van der Waals surface area contributed by atoms with Crippen LogP contribution in [-0.2, 0) is 5.41 Å². The first-order valence-electron chi connectivity index (χ1n) is 13.8. The minimum absolute atomic E-state index is 0.0416. The lowest BCUT2D eigenvalue weighted by Crippen LogP contribution is -2.14. The number of rotatable bonds is 2. The van der Waals surface area contributed by atoms with Crippen molar-refractivity contribution in [2.24, 2.45) is 0 Å². The molecule has 0 saturated heterocycles. The van der Waals surface area contributed by atoms with Crippen molar-refractivity contribution < 1.29 is 0 Å². The fraction of sp³-hybridized carbons (Fsp3) is 0.0769. The Labute approximate surface area is 229 Å². The third-order valence-corrected chi connectivity index (χ3v) is 8.88. The minimum atomic E-state index is 0.0416. The molecule has 0 heteroatoms. The zero-order valence-electron chi connectivity index (χ0n) is 22.2. The van der Waals surface area contributed by atoms with E-state index in [0.29, 0.717) is 0 Å². The first-order chi connectivity index (χ1) is 19.1. The number of hydrogen-bond donors (Lipinski definition) is 0. The Morgan fingerprint density at radius 1 is 0.333 bits per heavy atom. The predicted molar refractivity (Wildman–Crippen MR) is 167 cm³/mol. The zero-order chi connectivity index (χ0) is 26.1. The maximum Gasteiger partial charge on any atom is 0.0158 e. The normalized spacial score (nSPS) is 13.6. The van der Waals surface area contributed by atoms with Crippen LogP contribution in [0.15, 0.2) is 133 Å². The first kappa shape index (κ1) is 22.3. The molecule has 0 atom stereocenters. The molecule has 0 fully saturated rings. The third-order valence-electron chi connectivity index (χ3n) is 8.88. The van der Waals surface area contributed by atoms with Crippen LogP contribution in [0.3, 0.4) is 0 Å². The van der Waals surface area contributed by atoms with Gasteiger partial charge in [0.25, 0.3) is 0 Å². The van der Waals surface area contributed by atoms with Crippen molar-refractivity contribution in [3.05, 3.63) is 145 Å². The van der Waals surface area contributed by atoms with Crippen LogP contribution in [0.25, 0.3) is 65.7 Å². The molecule has 0 amide bonds. The SMILES string of the molecule is CC1(C)c2ccccc2-c2cc(-c3ccc(-c4ccc5c6ccccc6c6ccccc6c5c4)cc3)ccc21. The summed E-state index contributed by atoms with van der Waals surface area (Å²) >= 11 is 0. The second kappa shape index (κ2) is 8.16. The van der Waals surface area contributed by atoms with Gasteiger partial charge in [0.2, 0.25) is 0 Å². The Balaban J connectivity index is 1.22. The molecule has 0 unspecified atom stereocenters. The summed E-state index contributed by atoms with van der Waals surface area (Å²) in [6, 6.07) is 49.4. The molecular formula is C39H28. The number of fused-ring (bicyclic) bond motifs is 9. The summed E-state index contributed by atoms with van der Waals surface area (Å²) in [7, 11) is 0. The molecule has 0 N–H and O–H groups in total. The highest BCUT2D eigenvalue weighted by atomic mass is 14.4. The molecule has 7 aromatic rings. The average Bonchev–Trinajstić information content (AvgIpc) is 3.23. The van der Waals surface area contributed by atoms with Gasteiger partial charge in [-0.15, -0.1) is 0 Å². The van der Waals surface area contributed by atoms with Gasteiger partial charge in [0.05, 0.1) is 0 Å². The van der Waals surface area contributed by atoms with Crippen LogP contribution < -0.4 is 0 Å². The van der Waals surface area contributed by atoms with E-state index in [1.54, 1.807) is 0 Å². The molecule has 184 valence electrons. The molecular weight excluding hydrogens is 468 g/mol. The lowest BCUT2D eigenvalue weighted by molar-refractivity contribution is 0.660. The topological polar surface area (TPSA) is 0 Å². The second-order valence-corrected chi connectivity index (χ2v) is 11.4. The van der Waals surface area contributed by atoms with E-state index in [0.717, 1.165) is 0 Å². The smallest absolute Gasteiger partial charge is 0.0158 e. The summed E-state index contributed by atoms with van der Waals surface area (Å²) in [4.78, 5) is 0. The van der Waals surface area contributed by atoms with Crippen LogP contribution in [0.2, 0.25) is 0 Å². The highest BCUT2D eigenvalue weighted by Gasteiger charge is 2.35. The molecule has 7 aromatic carbocycles. The molecule has 0 aliphatic heterocycles. The fourth-order valence-corrected chi connectivity index (χ4v) is 6.84. The molecule has 0 aromatic heterocycles. The summed E-state index contributed by atoms with van der Waals surface area (Å²) in [5.41, 5.74) is 10.6. The van der Waals surface area contributed by atoms with Gasteiger partial charge in [0.1, 0.15) is 0 Å². The van der Waals surface area contributed by atoms with Gasteiger partial charge in [-0.25, -0.2) is 0 Å². The van der Waals surface area contributed by atoms with Crippen molar-refractivity contribution in [2.45, 2.75) is 19.3 Å². The quantitative estimate of drug-likeness (QED) is 0.209. The fourth-order valence-electron chi connectivity index (χ4n) is 6.84. The Kier molecular flexibility index (Phi) is 4.67. The Morgan fingerprint density at radius 3 is 1.41 bits per heavy atom. The van der Waals surface area contributed by atoms with Crippen molar-refractivity contribution in [1.29, 1.82) is 0 Å². The molecule has 0 spiro atoms. The summed E-state index contributed by atoms with van der Waals surface area (Å²) in [5.74, 6) is 0. The van der Waals surface area contributed by atoms with E-state index in [-0.39, 0.29) is 5.41 Å². The Hall–Kier alpha value is -4.68. The number of benzene rings is 7. The van der Waals surface area contributed by atoms with E-state index in [1.807, 2.05) is 0 Å². The standard InChI is InChI=1S/C39H28/c1-39(2)37-14-8-7-13-34(37)36-24-28(20-22-38(36)39)26-17-15-25(16-18-26)27-19-21-33-31-11-4-3-9-29(31)30-10-5-6-12-32(30)35(33)23-27/h3-24H,1-2H3. The van der Waals surface area contributed by atoms with Gasteiger partial charge in [-0.3, -0.25) is 0 Å². The molecule has 1 aliphatic rings. The van der Waals surface area contributed by atoms with Crippen molar-refractivity contribution in [3.63, 3.8) is 0 Å². The predicted octanol–water partition coefficient (Wildman–Crippen LogP) is 10.8. The van der Waals surface area contributed by atoms with E-state index in [2.05, 4.69) is 147 Å². The maximum atomic E-state index is 2.38. The minimum Gasteiger partial charge on any atom is -0.0619 e. The summed E-state index contributed by atoms with van der Waals surface area (Å²) in [6.45, 7) is 4.67. The van der Waals surface area contributed by atoms with E-state index < -0.39 is 0 Å².